The third-order valence-corrected chi connectivity index (χ3v) is 2.89. The van der Waals surface area contributed by atoms with Crippen LogP contribution in [0.3, 0.4) is 0 Å². The number of alkyl halides is 2. The molecule has 92 valence electrons. The van der Waals surface area contributed by atoms with Crippen molar-refractivity contribution in [1.82, 2.24) is 5.32 Å². The van der Waals surface area contributed by atoms with E-state index in [0.29, 0.717) is 0 Å². The maximum atomic E-state index is 13.9. The first-order valence-electron chi connectivity index (χ1n) is 5.19. The van der Waals surface area contributed by atoms with Crippen LogP contribution in [0.2, 0.25) is 0 Å². The van der Waals surface area contributed by atoms with Crippen LogP contribution in [0.4, 0.5) is 13.2 Å². The topological polar surface area (TPSA) is 25.2 Å². The molecule has 1 aromatic heterocycles. The summed E-state index contributed by atoms with van der Waals surface area (Å²) in [5, 5.41) is 2.71. The zero-order valence-corrected chi connectivity index (χ0v) is 9.43. The molecule has 1 N–H and O–H groups in total. The van der Waals surface area contributed by atoms with Crippen molar-refractivity contribution in [3.63, 3.8) is 0 Å². The van der Waals surface area contributed by atoms with Gasteiger partial charge in [-0.05, 0) is 26.1 Å². The number of furan rings is 1. The van der Waals surface area contributed by atoms with Crippen LogP contribution in [0.5, 0.6) is 0 Å². The molecule has 2 rings (SSSR count). The minimum Gasteiger partial charge on any atom is -0.461 e. The van der Waals surface area contributed by atoms with E-state index < -0.39 is 17.8 Å². The van der Waals surface area contributed by atoms with Crippen LogP contribution in [-0.4, -0.2) is 13.1 Å². The van der Waals surface area contributed by atoms with Gasteiger partial charge in [0.05, 0.1) is 11.4 Å². The second-order valence-corrected chi connectivity index (χ2v) is 3.93. The van der Waals surface area contributed by atoms with E-state index in [1.54, 1.807) is 0 Å². The van der Waals surface area contributed by atoms with Gasteiger partial charge in [0, 0.05) is 5.56 Å². The van der Waals surface area contributed by atoms with Crippen LogP contribution in [-0.2, 0) is 5.92 Å². The Morgan fingerprint density at radius 3 is 2.71 bits per heavy atom. The molecule has 0 fully saturated rings. The second kappa shape index (κ2) is 4.07. The molecule has 0 aliphatic rings. The summed E-state index contributed by atoms with van der Waals surface area (Å²) < 4.78 is 45.7. The minimum atomic E-state index is -3.04. The molecular formula is C12H12F3NO. The SMILES string of the molecule is CNC(C)C(F)(F)c1ccc2c(F)coc2c1. The van der Waals surface area contributed by atoms with Crippen molar-refractivity contribution in [3.05, 3.63) is 35.8 Å². The van der Waals surface area contributed by atoms with Crippen LogP contribution in [0.1, 0.15) is 12.5 Å². The predicted molar refractivity (Wildman–Crippen MR) is 58.6 cm³/mol. The van der Waals surface area contributed by atoms with Crippen molar-refractivity contribution in [1.29, 1.82) is 0 Å². The molecule has 0 saturated heterocycles. The highest BCUT2D eigenvalue weighted by atomic mass is 19.3. The van der Waals surface area contributed by atoms with Crippen molar-refractivity contribution < 1.29 is 17.6 Å². The molecule has 0 radical (unpaired) electrons. The molecule has 0 aliphatic heterocycles. The van der Waals surface area contributed by atoms with Gasteiger partial charge in [0.15, 0.2) is 5.82 Å². The zero-order chi connectivity index (χ0) is 12.6. The van der Waals surface area contributed by atoms with Gasteiger partial charge in [0.2, 0.25) is 0 Å². The summed E-state index contributed by atoms with van der Waals surface area (Å²) in [7, 11) is 1.46. The third kappa shape index (κ3) is 1.91. The van der Waals surface area contributed by atoms with E-state index in [9.17, 15) is 13.2 Å². The number of benzene rings is 1. The fourth-order valence-corrected chi connectivity index (χ4v) is 1.63. The Morgan fingerprint density at radius 1 is 1.35 bits per heavy atom. The Hall–Kier alpha value is -1.49. The lowest BCUT2D eigenvalue weighted by Gasteiger charge is -2.23. The Morgan fingerprint density at radius 2 is 2.06 bits per heavy atom. The number of halogens is 3. The molecule has 1 aromatic carbocycles. The number of likely N-dealkylation sites (N-methyl/N-ethyl adjacent to an activating group) is 1. The van der Waals surface area contributed by atoms with Crippen molar-refractivity contribution >= 4 is 11.0 Å². The van der Waals surface area contributed by atoms with Crippen LogP contribution < -0.4 is 5.32 Å². The number of rotatable bonds is 3. The second-order valence-electron chi connectivity index (χ2n) is 3.93. The van der Waals surface area contributed by atoms with Crippen LogP contribution >= 0.6 is 0 Å². The molecular weight excluding hydrogens is 231 g/mol. The van der Waals surface area contributed by atoms with Crippen molar-refractivity contribution in [3.8, 4) is 0 Å². The van der Waals surface area contributed by atoms with Gasteiger partial charge in [-0.15, -0.1) is 0 Å². The van der Waals surface area contributed by atoms with Crippen molar-refractivity contribution in [2.24, 2.45) is 0 Å². The van der Waals surface area contributed by atoms with E-state index in [2.05, 4.69) is 5.32 Å². The Balaban J connectivity index is 2.49. The lowest BCUT2D eigenvalue weighted by Crippen LogP contribution is -2.38. The van der Waals surface area contributed by atoms with E-state index in [4.69, 9.17) is 4.42 Å². The van der Waals surface area contributed by atoms with Gasteiger partial charge >= 0.3 is 0 Å². The van der Waals surface area contributed by atoms with Crippen LogP contribution in [0.15, 0.2) is 28.9 Å². The fraction of sp³-hybridized carbons (Fsp3) is 0.333. The summed E-state index contributed by atoms with van der Waals surface area (Å²) >= 11 is 0. The van der Waals surface area contributed by atoms with Gasteiger partial charge < -0.3 is 9.73 Å². The van der Waals surface area contributed by atoms with E-state index in [-0.39, 0.29) is 16.5 Å². The smallest absolute Gasteiger partial charge is 0.288 e. The van der Waals surface area contributed by atoms with E-state index in [0.717, 1.165) is 6.26 Å². The highest BCUT2D eigenvalue weighted by Gasteiger charge is 2.37. The molecule has 1 atom stereocenters. The molecule has 0 bridgehead atoms. The van der Waals surface area contributed by atoms with Gasteiger partial charge in [-0.25, -0.2) is 4.39 Å². The molecule has 0 aliphatic carbocycles. The minimum absolute atomic E-state index is 0.128. The summed E-state index contributed by atoms with van der Waals surface area (Å²) in [6, 6.07) is 2.68. The van der Waals surface area contributed by atoms with Crippen molar-refractivity contribution in [2.75, 3.05) is 7.05 Å². The lowest BCUT2D eigenvalue weighted by molar-refractivity contribution is -0.0353. The lowest BCUT2D eigenvalue weighted by atomic mass is 10.0. The highest BCUT2D eigenvalue weighted by Crippen LogP contribution is 2.34. The molecule has 0 spiro atoms. The molecule has 1 heterocycles. The highest BCUT2D eigenvalue weighted by molar-refractivity contribution is 5.78. The summed E-state index contributed by atoms with van der Waals surface area (Å²) in [5.74, 6) is -3.58. The maximum absolute atomic E-state index is 13.9. The summed E-state index contributed by atoms with van der Waals surface area (Å²) in [6.45, 7) is 1.38. The monoisotopic (exact) mass is 243 g/mol. The van der Waals surface area contributed by atoms with Gasteiger partial charge in [0.1, 0.15) is 11.8 Å². The quantitative estimate of drug-likeness (QED) is 0.895. The van der Waals surface area contributed by atoms with E-state index in [1.807, 2.05) is 0 Å². The first-order chi connectivity index (χ1) is 7.96. The molecule has 2 nitrogen and oxygen atoms in total. The third-order valence-electron chi connectivity index (χ3n) is 2.89. The Kier molecular flexibility index (Phi) is 2.87. The predicted octanol–water partition coefficient (Wildman–Crippen LogP) is 3.27. The first-order valence-corrected chi connectivity index (χ1v) is 5.19. The van der Waals surface area contributed by atoms with Gasteiger partial charge in [-0.3, -0.25) is 0 Å². The Bertz CT molecular complexity index is 536. The van der Waals surface area contributed by atoms with Crippen LogP contribution in [0.25, 0.3) is 11.0 Å². The average molecular weight is 243 g/mol. The summed E-state index contributed by atoms with van der Waals surface area (Å²) in [4.78, 5) is 0. The van der Waals surface area contributed by atoms with E-state index >= 15 is 0 Å². The summed E-state index contributed by atoms with van der Waals surface area (Å²) in [5.41, 5.74) is -0.0656. The van der Waals surface area contributed by atoms with E-state index in [1.165, 1.54) is 32.2 Å². The standard InChI is InChI=1S/C12H12F3NO/c1-7(16-2)12(14,15)8-3-4-9-10(13)6-17-11(9)5-8/h3-7,16H,1-2H3. The van der Waals surface area contributed by atoms with Crippen molar-refractivity contribution in [2.45, 2.75) is 18.9 Å². The number of fused-ring (bicyclic) bond motifs is 1. The van der Waals surface area contributed by atoms with Gasteiger partial charge in [-0.1, -0.05) is 6.07 Å². The first kappa shape index (κ1) is 12.0. The number of hydrogen-bond acceptors (Lipinski definition) is 2. The molecule has 0 amide bonds. The average Bonchev–Trinajstić information content (AvgIpc) is 2.69. The number of nitrogens with one attached hydrogen (secondary N) is 1. The van der Waals surface area contributed by atoms with Gasteiger partial charge in [0.25, 0.3) is 5.92 Å². The molecule has 5 heteroatoms. The number of hydrogen-bond donors (Lipinski definition) is 1. The molecule has 1 unspecified atom stereocenters. The fourth-order valence-electron chi connectivity index (χ4n) is 1.63. The zero-order valence-electron chi connectivity index (χ0n) is 9.43. The largest absolute Gasteiger partial charge is 0.461 e. The Labute approximate surface area is 96.4 Å². The normalized spacial score (nSPS) is 14.2. The summed E-state index contributed by atoms with van der Waals surface area (Å²) in [6.07, 6.45) is 0.911. The molecule has 2 aromatic rings. The van der Waals surface area contributed by atoms with Crippen LogP contribution in [0, 0.1) is 5.82 Å². The molecule has 17 heavy (non-hydrogen) atoms. The maximum Gasteiger partial charge on any atom is 0.288 e. The molecule has 0 saturated carbocycles. The van der Waals surface area contributed by atoms with Gasteiger partial charge in [-0.2, -0.15) is 8.78 Å².